The summed E-state index contributed by atoms with van der Waals surface area (Å²) in [5.74, 6) is 0.670. The van der Waals surface area contributed by atoms with Gasteiger partial charge in [0.15, 0.2) is 10.6 Å². The van der Waals surface area contributed by atoms with Crippen LogP contribution < -0.4 is 0 Å². The van der Waals surface area contributed by atoms with E-state index in [2.05, 4.69) is 15.2 Å². The maximum absolute atomic E-state index is 6.16. The molecular formula is C13H9ClN4S. The molecule has 0 atom stereocenters. The van der Waals surface area contributed by atoms with Crippen molar-refractivity contribution in [2.75, 3.05) is 0 Å². The summed E-state index contributed by atoms with van der Waals surface area (Å²) < 4.78 is 2.37. The van der Waals surface area contributed by atoms with Gasteiger partial charge in [0, 0.05) is 23.6 Å². The fraction of sp³-hybridized carbons (Fsp3) is 0. The van der Waals surface area contributed by atoms with Gasteiger partial charge in [-0.05, 0) is 30.4 Å². The number of hydrogen-bond donors (Lipinski definition) is 1. The number of para-hydroxylation sites is 1. The van der Waals surface area contributed by atoms with Crippen LogP contribution >= 0.6 is 23.8 Å². The summed E-state index contributed by atoms with van der Waals surface area (Å²) in [6.07, 6.45) is 3.26. The van der Waals surface area contributed by atoms with E-state index in [4.69, 9.17) is 23.8 Å². The fourth-order valence-electron chi connectivity index (χ4n) is 1.85. The molecule has 1 N–H and O–H groups in total. The van der Waals surface area contributed by atoms with Gasteiger partial charge >= 0.3 is 0 Å². The number of nitrogens with one attached hydrogen (secondary N) is 1. The van der Waals surface area contributed by atoms with Crippen LogP contribution in [0.5, 0.6) is 0 Å². The molecular weight excluding hydrogens is 280 g/mol. The van der Waals surface area contributed by atoms with Crippen LogP contribution in [-0.4, -0.2) is 19.7 Å². The third-order valence-corrected chi connectivity index (χ3v) is 3.28. The van der Waals surface area contributed by atoms with E-state index < -0.39 is 0 Å². The molecule has 0 amide bonds. The summed E-state index contributed by atoms with van der Waals surface area (Å²) in [5, 5.41) is 7.59. The van der Waals surface area contributed by atoms with Crippen molar-refractivity contribution in [1.29, 1.82) is 0 Å². The molecule has 94 valence electrons. The number of aromatic nitrogens is 4. The average molecular weight is 289 g/mol. The van der Waals surface area contributed by atoms with Crippen molar-refractivity contribution in [3.63, 3.8) is 0 Å². The highest BCUT2D eigenvalue weighted by molar-refractivity contribution is 7.71. The fourth-order valence-corrected chi connectivity index (χ4v) is 2.29. The summed E-state index contributed by atoms with van der Waals surface area (Å²) in [7, 11) is 0. The molecule has 0 saturated heterocycles. The summed E-state index contributed by atoms with van der Waals surface area (Å²) in [4.78, 5) is 3.97. The third kappa shape index (κ3) is 2.18. The minimum atomic E-state index is 0.522. The Kier molecular flexibility index (Phi) is 3.15. The van der Waals surface area contributed by atoms with E-state index in [0.717, 1.165) is 11.3 Å². The molecule has 0 bridgehead atoms. The van der Waals surface area contributed by atoms with Crippen LogP contribution in [0.25, 0.3) is 17.1 Å². The SMILES string of the molecule is S=c1[nH]nc(-c2ccncc2Cl)n1-c1ccccc1. The maximum atomic E-state index is 6.16. The molecule has 3 rings (SSSR count). The largest absolute Gasteiger partial charge is 0.268 e. The molecule has 0 fully saturated rings. The number of H-pyrrole nitrogens is 1. The van der Waals surface area contributed by atoms with Crippen LogP contribution in [0.4, 0.5) is 0 Å². The predicted molar refractivity (Wildman–Crippen MR) is 77.0 cm³/mol. The zero-order valence-electron chi connectivity index (χ0n) is 9.75. The summed E-state index contributed by atoms with van der Waals surface area (Å²) >= 11 is 11.4. The Hall–Kier alpha value is -1.98. The summed E-state index contributed by atoms with van der Waals surface area (Å²) in [6.45, 7) is 0. The first-order valence-corrected chi connectivity index (χ1v) is 6.39. The molecule has 0 unspecified atom stereocenters. The van der Waals surface area contributed by atoms with Crippen LogP contribution in [0, 0.1) is 4.77 Å². The van der Waals surface area contributed by atoms with E-state index in [9.17, 15) is 0 Å². The van der Waals surface area contributed by atoms with E-state index in [1.54, 1.807) is 12.4 Å². The number of benzene rings is 1. The van der Waals surface area contributed by atoms with Gasteiger partial charge in [0.25, 0.3) is 0 Å². The Morgan fingerprint density at radius 1 is 1.16 bits per heavy atom. The van der Waals surface area contributed by atoms with Gasteiger partial charge in [-0.1, -0.05) is 29.8 Å². The van der Waals surface area contributed by atoms with Gasteiger partial charge < -0.3 is 0 Å². The van der Waals surface area contributed by atoms with E-state index >= 15 is 0 Å². The number of pyridine rings is 1. The van der Waals surface area contributed by atoms with E-state index in [0.29, 0.717) is 15.6 Å². The molecule has 0 saturated carbocycles. The molecule has 0 aliphatic carbocycles. The second-order valence-corrected chi connectivity index (χ2v) is 4.67. The summed E-state index contributed by atoms with van der Waals surface area (Å²) in [6, 6.07) is 11.6. The number of nitrogens with zero attached hydrogens (tertiary/aromatic N) is 3. The zero-order chi connectivity index (χ0) is 13.2. The Balaban J connectivity index is 2.26. The smallest absolute Gasteiger partial charge is 0.200 e. The van der Waals surface area contributed by atoms with Crippen molar-refractivity contribution >= 4 is 23.8 Å². The van der Waals surface area contributed by atoms with Gasteiger partial charge in [-0.15, -0.1) is 0 Å². The van der Waals surface area contributed by atoms with Crippen LogP contribution in [0.1, 0.15) is 0 Å². The molecule has 1 aromatic carbocycles. The molecule has 3 aromatic rings. The lowest BCUT2D eigenvalue weighted by molar-refractivity contribution is 1.04. The number of aromatic amines is 1. The number of halogens is 1. The average Bonchev–Trinajstić information content (AvgIpc) is 2.82. The second kappa shape index (κ2) is 4.95. The molecule has 2 heterocycles. The van der Waals surface area contributed by atoms with E-state index in [1.807, 2.05) is 41.0 Å². The second-order valence-electron chi connectivity index (χ2n) is 3.88. The minimum absolute atomic E-state index is 0.522. The van der Waals surface area contributed by atoms with Crippen molar-refractivity contribution in [1.82, 2.24) is 19.7 Å². The Labute approximate surface area is 119 Å². The lowest BCUT2D eigenvalue weighted by Crippen LogP contribution is -1.97. The molecule has 0 radical (unpaired) electrons. The van der Waals surface area contributed by atoms with Crippen molar-refractivity contribution in [3.8, 4) is 17.1 Å². The van der Waals surface area contributed by atoms with Crippen LogP contribution in [-0.2, 0) is 0 Å². The van der Waals surface area contributed by atoms with E-state index in [1.165, 1.54) is 0 Å². The Bertz CT molecular complexity index is 764. The molecule has 0 aliphatic rings. The van der Waals surface area contributed by atoms with Crippen LogP contribution in [0.15, 0.2) is 48.8 Å². The van der Waals surface area contributed by atoms with E-state index in [-0.39, 0.29) is 0 Å². The van der Waals surface area contributed by atoms with Crippen molar-refractivity contribution in [2.24, 2.45) is 0 Å². The van der Waals surface area contributed by atoms with Gasteiger partial charge in [0.05, 0.1) is 5.02 Å². The first kappa shape index (κ1) is 12.1. The Morgan fingerprint density at radius 3 is 2.68 bits per heavy atom. The quantitative estimate of drug-likeness (QED) is 0.732. The highest BCUT2D eigenvalue weighted by Gasteiger charge is 2.13. The Morgan fingerprint density at radius 2 is 1.95 bits per heavy atom. The maximum Gasteiger partial charge on any atom is 0.200 e. The van der Waals surface area contributed by atoms with Crippen LogP contribution in [0.3, 0.4) is 0 Å². The summed E-state index contributed by atoms with van der Waals surface area (Å²) in [5.41, 5.74) is 1.72. The molecule has 0 aliphatic heterocycles. The number of hydrogen-bond acceptors (Lipinski definition) is 3. The third-order valence-electron chi connectivity index (χ3n) is 2.70. The molecule has 19 heavy (non-hydrogen) atoms. The lowest BCUT2D eigenvalue weighted by atomic mass is 10.2. The zero-order valence-corrected chi connectivity index (χ0v) is 11.3. The molecule has 0 spiro atoms. The normalized spacial score (nSPS) is 10.6. The van der Waals surface area contributed by atoms with Crippen molar-refractivity contribution in [2.45, 2.75) is 0 Å². The molecule has 6 heteroatoms. The first-order chi connectivity index (χ1) is 9.27. The lowest BCUT2D eigenvalue weighted by Gasteiger charge is -2.07. The minimum Gasteiger partial charge on any atom is -0.268 e. The van der Waals surface area contributed by atoms with Crippen molar-refractivity contribution in [3.05, 3.63) is 58.6 Å². The predicted octanol–water partition coefficient (Wildman–Crippen LogP) is 3.65. The van der Waals surface area contributed by atoms with Crippen molar-refractivity contribution < 1.29 is 0 Å². The van der Waals surface area contributed by atoms with Crippen LogP contribution in [0.2, 0.25) is 5.02 Å². The topological polar surface area (TPSA) is 46.5 Å². The molecule has 4 nitrogen and oxygen atoms in total. The van der Waals surface area contributed by atoms with Gasteiger partial charge in [-0.2, -0.15) is 5.10 Å². The van der Waals surface area contributed by atoms with Gasteiger partial charge in [-0.3, -0.25) is 14.6 Å². The monoisotopic (exact) mass is 288 g/mol. The highest BCUT2D eigenvalue weighted by atomic mass is 35.5. The number of rotatable bonds is 2. The highest BCUT2D eigenvalue weighted by Crippen LogP contribution is 2.27. The van der Waals surface area contributed by atoms with Gasteiger partial charge in [-0.25, -0.2) is 0 Å². The molecule has 2 aromatic heterocycles. The first-order valence-electron chi connectivity index (χ1n) is 5.60. The van der Waals surface area contributed by atoms with Gasteiger partial charge in [0.2, 0.25) is 0 Å². The van der Waals surface area contributed by atoms with Gasteiger partial charge in [0.1, 0.15) is 0 Å². The standard InChI is InChI=1S/C13H9ClN4S/c14-11-8-15-7-6-10(11)12-16-17-13(19)18(12)9-4-2-1-3-5-9/h1-8H,(H,17,19).